The molecule has 2 aliphatic heterocycles. The summed E-state index contributed by atoms with van der Waals surface area (Å²) in [6.45, 7) is 6.26. The number of carbonyl (C=O) groups excluding carboxylic acids is 3. The number of ether oxygens (including phenoxy) is 1. The van der Waals surface area contributed by atoms with Gasteiger partial charge in [-0.25, -0.2) is 4.79 Å². The fourth-order valence-electron chi connectivity index (χ4n) is 4.75. The first-order valence-corrected chi connectivity index (χ1v) is 12.0. The second-order valence-corrected chi connectivity index (χ2v) is 9.02. The van der Waals surface area contributed by atoms with Crippen molar-refractivity contribution in [2.45, 2.75) is 32.9 Å². The third-order valence-corrected chi connectivity index (χ3v) is 6.34. The number of para-hydroxylation sites is 1. The summed E-state index contributed by atoms with van der Waals surface area (Å²) in [7, 11) is 0. The highest BCUT2D eigenvalue weighted by Crippen LogP contribution is 2.38. The van der Waals surface area contributed by atoms with Crippen LogP contribution in [-0.2, 0) is 9.59 Å². The van der Waals surface area contributed by atoms with Gasteiger partial charge in [-0.2, -0.15) is 0 Å². The van der Waals surface area contributed by atoms with Gasteiger partial charge in [0.15, 0.2) is 0 Å². The van der Waals surface area contributed by atoms with Crippen molar-refractivity contribution in [2.24, 2.45) is 5.92 Å². The van der Waals surface area contributed by atoms with E-state index in [0.29, 0.717) is 34.9 Å². The molecule has 0 bridgehead atoms. The first kappa shape index (κ1) is 24.9. The molecule has 0 saturated carbocycles. The molecular weight excluding hydrogens is 456 g/mol. The molecule has 186 valence electrons. The molecule has 8 heteroatoms. The van der Waals surface area contributed by atoms with E-state index in [1.165, 1.54) is 0 Å². The number of benzene rings is 2. The van der Waals surface area contributed by atoms with E-state index in [1.54, 1.807) is 9.80 Å². The number of hydrogen-bond acceptors (Lipinski definition) is 4. The van der Waals surface area contributed by atoms with Crippen molar-refractivity contribution < 1.29 is 19.1 Å². The molecule has 8 nitrogen and oxygen atoms in total. The Labute approximate surface area is 211 Å². The second-order valence-electron chi connectivity index (χ2n) is 9.02. The molecule has 2 aromatic rings. The fourth-order valence-corrected chi connectivity index (χ4v) is 4.75. The molecule has 2 heterocycles. The van der Waals surface area contributed by atoms with Gasteiger partial charge in [0.2, 0.25) is 5.91 Å². The first-order valence-electron chi connectivity index (χ1n) is 12.0. The molecule has 0 spiro atoms. The Morgan fingerprint density at radius 2 is 1.89 bits per heavy atom. The Hall–Kier alpha value is -4.25. The van der Waals surface area contributed by atoms with Gasteiger partial charge in [-0.15, -0.1) is 6.42 Å². The van der Waals surface area contributed by atoms with E-state index in [4.69, 9.17) is 11.2 Å². The summed E-state index contributed by atoms with van der Waals surface area (Å²) in [5.41, 5.74) is 1.79. The zero-order valence-electron chi connectivity index (χ0n) is 20.7. The number of urea groups is 1. The minimum absolute atomic E-state index is 0.0786. The van der Waals surface area contributed by atoms with Crippen molar-refractivity contribution >= 4 is 17.8 Å². The molecule has 0 radical (unpaired) electrons. The zero-order chi connectivity index (χ0) is 25.8. The van der Waals surface area contributed by atoms with E-state index in [0.717, 1.165) is 0 Å². The van der Waals surface area contributed by atoms with Gasteiger partial charge in [0, 0.05) is 6.54 Å². The average Bonchev–Trinajstić information content (AvgIpc) is 3.19. The molecule has 0 saturated heterocycles. The van der Waals surface area contributed by atoms with Gasteiger partial charge in [0.05, 0.1) is 30.4 Å². The first-order chi connectivity index (χ1) is 17.3. The molecule has 2 aliphatic rings. The van der Waals surface area contributed by atoms with E-state index in [-0.39, 0.29) is 36.9 Å². The summed E-state index contributed by atoms with van der Waals surface area (Å²) in [5.74, 6) is 2.91. The normalized spacial score (nSPS) is 18.0. The van der Waals surface area contributed by atoms with Crippen LogP contribution in [0.3, 0.4) is 0 Å². The Morgan fingerprint density at radius 3 is 2.56 bits per heavy atom. The van der Waals surface area contributed by atoms with Crippen molar-refractivity contribution in [3.05, 3.63) is 71.4 Å². The fraction of sp³-hybridized carbons (Fsp3) is 0.321. The molecular formula is C28H30N4O4. The van der Waals surface area contributed by atoms with E-state index in [2.05, 4.69) is 16.6 Å². The number of carbonyl (C=O) groups is 3. The number of terminal acetylenes is 1. The van der Waals surface area contributed by atoms with Crippen molar-refractivity contribution in [2.75, 3.05) is 19.6 Å². The lowest BCUT2D eigenvalue weighted by atomic mass is 9.95. The summed E-state index contributed by atoms with van der Waals surface area (Å²) >= 11 is 0. The highest BCUT2D eigenvalue weighted by molar-refractivity contribution is 6.03. The Morgan fingerprint density at radius 1 is 1.17 bits per heavy atom. The van der Waals surface area contributed by atoms with Crippen molar-refractivity contribution in [3.8, 4) is 23.8 Å². The lowest BCUT2D eigenvalue weighted by Crippen LogP contribution is -2.51. The Kier molecular flexibility index (Phi) is 7.30. The molecule has 0 fully saturated rings. The molecule has 2 N–H and O–H groups in total. The van der Waals surface area contributed by atoms with Crippen molar-refractivity contribution in [3.63, 3.8) is 0 Å². The van der Waals surface area contributed by atoms with Gasteiger partial charge >= 0.3 is 6.03 Å². The van der Waals surface area contributed by atoms with Crippen LogP contribution in [0.15, 0.2) is 65.9 Å². The average molecular weight is 487 g/mol. The Balaban J connectivity index is 1.69. The van der Waals surface area contributed by atoms with Gasteiger partial charge in [-0.3, -0.25) is 14.5 Å². The highest BCUT2D eigenvalue weighted by atomic mass is 16.5. The molecule has 4 amide bonds. The molecule has 4 rings (SSSR count). The second kappa shape index (κ2) is 10.6. The van der Waals surface area contributed by atoms with Crippen LogP contribution in [0.4, 0.5) is 4.79 Å². The maximum atomic E-state index is 13.8. The number of nitrogens with zero attached hydrogens (tertiary/aromatic N) is 2. The third kappa shape index (κ3) is 4.78. The number of rotatable bonds is 8. The van der Waals surface area contributed by atoms with Gasteiger partial charge in [0.1, 0.15) is 17.5 Å². The van der Waals surface area contributed by atoms with E-state index in [9.17, 15) is 14.4 Å². The number of likely N-dealkylation sites (N-methyl/N-ethyl adjacent to an activating group) is 1. The van der Waals surface area contributed by atoms with Gasteiger partial charge < -0.3 is 20.3 Å². The summed E-state index contributed by atoms with van der Waals surface area (Å²) in [5, 5.41) is 5.68. The number of hydrogen-bond donors (Lipinski definition) is 2. The maximum absolute atomic E-state index is 13.8. The number of amides is 4. The van der Waals surface area contributed by atoms with Crippen LogP contribution in [0.2, 0.25) is 0 Å². The predicted octanol–water partition coefficient (Wildman–Crippen LogP) is 3.44. The molecule has 2 atom stereocenters. The van der Waals surface area contributed by atoms with Gasteiger partial charge in [0.25, 0.3) is 5.91 Å². The van der Waals surface area contributed by atoms with Crippen molar-refractivity contribution in [1.29, 1.82) is 0 Å². The SMILES string of the molecule is C#CCNC(=O)C(C(C)C)N1CC2=C(C1=O)C(c1cccc(Oc3ccccc3)c1)NC(=O)N2CC. The van der Waals surface area contributed by atoms with Crippen LogP contribution < -0.4 is 15.4 Å². The monoisotopic (exact) mass is 486 g/mol. The van der Waals surface area contributed by atoms with E-state index < -0.39 is 12.1 Å². The quantitative estimate of drug-likeness (QED) is 0.560. The zero-order valence-corrected chi connectivity index (χ0v) is 20.7. The van der Waals surface area contributed by atoms with Crippen LogP contribution >= 0.6 is 0 Å². The molecule has 36 heavy (non-hydrogen) atoms. The van der Waals surface area contributed by atoms with Crippen LogP contribution in [0.25, 0.3) is 0 Å². The third-order valence-electron chi connectivity index (χ3n) is 6.34. The summed E-state index contributed by atoms with van der Waals surface area (Å²) in [6, 6.07) is 15.0. The maximum Gasteiger partial charge on any atom is 0.322 e. The van der Waals surface area contributed by atoms with Crippen LogP contribution in [0.1, 0.15) is 32.4 Å². The molecule has 2 aromatic carbocycles. The summed E-state index contributed by atoms with van der Waals surface area (Å²) in [4.78, 5) is 42.9. The predicted molar refractivity (Wildman–Crippen MR) is 136 cm³/mol. The molecule has 0 aromatic heterocycles. The van der Waals surface area contributed by atoms with Crippen molar-refractivity contribution in [1.82, 2.24) is 20.4 Å². The topological polar surface area (TPSA) is 91.0 Å². The van der Waals surface area contributed by atoms with Gasteiger partial charge in [-0.1, -0.05) is 50.1 Å². The Bertz CT molecular complexity index is 1230. The molecule has 2 unspecified atom stereocenters. The summed E-state index contributed by atoms with van der Waals surface area (Å²) in [6.07, 6.45) is 5.31. The van der Waals surface area contributed by atoms with Crippen LogP contribution in [-0.4, -0.2) is 53.3 Å². The summed E-state index contributed by atoms with van der Waals surface area (Å²) < 4.78 is 5.97. The lowest BCUT2D eigenvalue weighted by Gasteiger charge is -2.33. The van der Waals surface area contributed by atoms with Crippen LogP contribution in [0, 0.1) is 18.3 Å². The smallest absolute Gasteiger partial charge is 0.322 e. The van der Waals surface area contributed by atoms with E-state index >= 15 is 0 Å². The lowest BCUT2D eigenvalue weighted by molar-refractivity contribution is -0.138. The highest BCUT2D eigenvalue weighted by Gasteiger charge is 2.47. The van der Waals surface area contributed by atoms with Crippen LogP contribution in [0.5, 0.6) is 11.5 Å². The van der Waals surface area contributed by atoms with E-state index in [1.807, 2.05) is 75.4 Å². The number of nitrogens with one attached hydrogen (secondary N) is 2. The minimum atomic E-state index is -0.723. The minimum Gasteiger partial charge on any atom is -0.457 e. The largest absolute Gasteiger partial charge is 0.457 e. The standard InChI is InChI=1S/C28H30N4O4/c1-5-15-29-26(33)25(18(3)4)32-17-22-23(27(32)34)24(30-28(35)31(22)6-2)19-11-10-14-21(16-19)36-20-12-8-7-9-13-20/h1,7-14,16,18,24-25H,6,15,17H2,2-4H3,(H,29,33)(H,30,35). The molecule has 0 aliphatic carbocycles. The van der Waals surface area contributed by atoms with Gasteiger partial charge in [-0.05, 0) is 42.7 Å².